The third-order valence-corrected chi connectivity index (χ3v) is 8.12. The molecule has 1 amide bonds. The molecule has 1 aromatic heterocycles. The Kier molecular flexibility index (Phi) is 4.95. The molecule has 4 aliphatic rings. The van der Waals surface area contributed by atoms with Gasteiger partial charge in [0.15, 0.2) is 4.80 Å². The highest BCUT2D eigenvalue weighted by Crippen LogP contribution is 2.60. The van der Waals surface area contributed by atoms with Gasteiger partial charge in [-0.25, -0.2) is 4.39 Å². The molecule has 4 bridgehead atoms. The number of rotatable bonds is 5. The van der Waals surface area contributed by atoms with E-state index in [0.29, 0.717) is 35.7 Å². The van der Waals surface area contributed by atoms with Gasteiger partial charge in [0.05, 0.1) is 16.9 Å². The normalized spacial score (nSPS) is 30.8. The Labute approximate surface area is 174 Å². The highest BCUT2D eigenvalue weighted by Gasteiger charge is 2.54. The second-order valence-electron chi connectivity index (χ2n) is 9.19. The second kappa shape index (κ2) is 7.47. The number of amides is 1. The van der Waals surface area contributed by atoms with Crippen molar-refractivity contribution in [1.82, 2.24) is 4.57 Å². The average molecular weight is 415 g/mol. The van der Waals surface area contributed by atoms with E-state index in [2.05, 4.69) is 4.99 Å². The molecule has 0 unspecified atom stereocenters. The summed E-state index contributed by atoms with van der Waals surface area (Å²) in [5, 5.41) is 0. The van der Waals surface area contributed by atoms with Crippen LogP contribution in [0, 0.1) is 29.0 Å². The minimum absolute atomic E-state index is 0.0652. The van der Waals surface area contributed by atoms with E-state index in [0.717, 1.165) is 29.7 Å². The summed E-state index contributed by atoms with van der Waals surface area (Å²) >= 11 is 1.46. The molecule has 1 heterocycles. The van der Waals surface area contributed by atoms with Gasteiger partial charge in [-0.3, -0.25) is 4.79 Å². The Morgan fingerprint density at radius 1 is 1.24 bits per heavy atom. The Bertz CT molecular complexity index is 957. The number of methoxy groups -OCH3 is 1. The predicted octanol–water partition coefficient (Wildman–Crippen LogP) is 4.65. The Morgan fingerprint density at radius 3 is 2.55 bits per heavy atom. The highest BCUT2D eigenvalue weighted by molar-refractivity contribution is 7.12. The highest BCUT2D eigenvalue weighted by atomic mass is 32.1. The van der Waals surface area contributed by atoms with E-state index >= 15 is 0 Å². The molecule has 0 atom stereocenters. The first-order valence-corrected chi connectivity index (χ1v) is 11.4. The van der Waals surface area contributed by atoms with E-state index in [-0.39, 0.29) is 17.1 Å². The molecule has 0 aliphatic heterocycles. The molecule has 6 heteroatoms. The maximum Gasteiger partial charge on any atom is 0.254 e. The Hall–Kier alpha value is -1.79. The molecule has 0 saturated heterocycles. The standard InChI is InChI=1S/C23H27FN2O2S/c1-28-6-5-26-14-20(18-3-2-4-19(24)10-18)29-22(26)25-21(27)23-11-15-7-16(12-23)9-17(8-15)13-23/h2-4,10,14-17H,5-9,11-13H2,1H3. The SMILES string of the molecule is COCCn1cc(-c2cccc(F)c2)sc1=NC(=O)C12CC3CC(CC(C3)C1)C2. The van der Waals surface area contributed by atoms with Crippen LogP contribution in [0.3, 0.4) is 0 Å². The summed E-state index contributed by atoms with van der Waals surface area (Å²) in [5.74, 6) is 1.95. The molecule has 6 rings (SSSR count). The van der Waals surface area contributed by atoms with Crippen LogP contribution in [0.5, 0.6) is 0 Å². The number of hydrogen-bond acceptors (Lipinski definition) is 3. The van der Waals surface area contributed by atoms with Gasteiger partial charge in [0, 0.05) is 19.9 Å². The van der Waals surface area contributed by atoms with Crippen molar-refractivity contribution in [1.29, 1.82) is 0 Å². The van der Waals surface area contributed by atoms with Crippen molar-refractivity contribution < 1.29 is 13.9 Å². The predicted molar refractivity (Wildman–Crippen MR) is 111 cm³/mol. The zero-order chi connectivity index (χ0) is 20.0. The molecule has 4 nitrogen and oxygen atoms in total. The lowest BCUT2D eigenvalue weighted by Crippen LogP contribution is -2.49. The van der Waals surface area contributed by atoms with E-state index in [4.69, 9.17) is 4.74 Å². The van der Waals surface area contributed by atoms with E-state index in [9.17, 15) is 9.18 Å². The van der Waals surface area contributed by atoms with Crippen molar-refractivity contribution in [3.63, 3.8) is 0 Å². The molecule has 154 valence electrons. The van der Waals surface area contributed by atoms with Crippen LogP contribution >= 0.6 is 11.3 Å². The topological polar surface area (TPSA) is 43.6 Å². The summed E-state index contributed by atoms with van der Waals surface area (Å²) in [5.41, 5.74) is 0.571. The number of halogens is 1. The minimum atomic E-state index is -0.262. The number of benzene rings is 1. The number of aromatic nitrogens is 1. The zero-order valence-corrected chi connectivity index (χ0v) is 17.6. The van der Waals surface area contributed by atoms with Crippen LogP contribution in [0.15, 0.2) is 35.5 Å². The summed E-state index contributed by atoms with van der Waals surface area (Å²) in [6.07, 6.45) is 8.93. The first-order valence-electron chi connectivity index (χ1n) is 10.6. The molecule has 4 fully saturated rings. The summed E-state index contributed by atoms with van der Waals surface area (Å²) in [4.78, 5) is 19.7. The fraction of sp³-hybridized carbons (Fsp3) is 0.565. The summed E-state index contributed by atoms with van der Waals surface area (Å²) < 4.78 is 20.9. The lowest BCUT2D eigenvalue weighted by Gasteiger charge is -2.55. The quantitative estimate of drug-likeness (QED) is 0.715. The number of thiazole rings is 1. The average Bonchev–Trinajstić information content (AvgIpc) is 3.08. The second-order valence-corrected chi connectivity index (χ2v) is 10.2. The van der Waals surface area contributed by atoms with Crippen LogP contribution < -0.4 is 4.80 Å². The summed E-state index contributed by atoms with van der Waals surface area (Å²) in [7, 11) is 1.66. The maximum atomic E-state index is 13.7. The van der Waals surface area contributed by atoms with Crippen LogP contribution in [0.2, 0.25) is 0 Å². The number of carbonyl (C=O) groups excluding carboxylic acids is 1. The first kappa shape index (κ1) is 19.2. The molecule has 4 aliphatic carbocycles. The Morgan fingerprint density at radius 2 is 1.93 bits per heavy atom. The smallest absolute Gasteiger partial charge is 0.254 e. The van der Waals surface area contributed by atoms with Gasteiger partial charge in [0.1, 0.15) is 5.82 Å². The van der Waals surface area contributed by atoms with E-state index in [1.807, 2.05) is 16.8 Å². The molecule has 29 heavy (non-hydrogen) atoms. The third-order valence-electron chi connectivity index (χ3n) is 7.05. The molecular weight excluding hydrogens is 387 g/mol. The monoisotopic (exact) mass is 414 g/mol. The molecule has 0 N–H and O–H groups in total. The van der Waals surface area contributed by atoms with E-state index < -0.39 is 0 Å². The maximum absolute atomic E-state index is 13.7. The van der Waals surface area contributed by atoms with Crippen molar-refractivity contribution >= 4 is 17.2 Å². The molecule has 0 spiro atoms. The minimum Gasteiger partial charge on any atom is -0.383 e. The van der Waals surface area contributed by atoms with Crippen LogP contribution in [-0.2, 0) is 16.1 Å². The number of carbonyl (C=O) groups is 1. The van der Waals surface area contributed by atoms with Gasteiger partial charge < -0.3 is 9.30 Å². The summed E-state index contributed by atoms with van der Waals surface area (Å²) in [6.45, 7) is 1.16. The zero-order valence-electron chi connectivity index (χ0n) is 16.8. The van der Waals surface area contributed by atoms with E-state index in [1.54, 1.807) is 13.2 Å². The van der Waals surface area contributed by atoms with Gasteiger partial charge in [-0.2, -0.15) is 4.99 Å². The van der Waals surface area contributed by atoms with Gasteiger partial charge in [0.25, 0.3) is 5.91 Å². The van der Waals surface area contributed by atoms with Gasteiger partial charge >= 0.3 is 0 Å². The number of ether oxygens (including phenoxy) is 1. The first-order chi connectivity index (χ1) is 14.0. The molecule has 0 radical (unpaired) electrons. The van der Waals surface area contributed by atoms with Crippen LogP contribution in [0.4, 0.5) is 4.39 Å². The fourth-order valence-corrected chi connectivity index (χ4v) is 7.18. The third kappa shape index (κ3) is 3.61. The lowest BCUT2D eigenvalue weighted by atomic mass is 9.49. The van der Waals surface area contributed by atoms with Gasteiger partial charge in [-0.05, 0) is 74.0 Å². The van der Waals surface area contributed by atoms with Crippen molar-refractivity contribution in [2.75, 3.05) is 13.7 Å². The van der Waals surface area contributed by atoms with Crippen molar-refractivity contribution in [2.45, 2.75) is 45.1 Å². The van der Waals surface area contributed by atoms with E-state index in [1.165, 1.54) is 42.7 Å². The molecule has 4 saturated carbocycles. The van der Waals surface area contributed by atoms with Crippen molar-refractivity contribution in [2.24, 2.45) is 28.2 Å². The molecular formula is C23H27FN2O2S. The summed E-state index contributed by atoms with van der Waals surface area (Å²) in [6, 6.07) is 6.57. The number of hydrogen-bond donors (Lipinski definition) is 0. The van der Waals surface area contributed by atoms with Gasteiger partial charge in [-0.15, -0.1) is 0 Å². The van der Waals surface area contributed by atoms with Crippen LogP contribution in [-0.4, -0.2) is 24.2 Å². The fourth-order valence-electron chi connectivity index (χ4n) is 6.17. The van der Waals surface area contributed by atoms with Crippen LogP contribution in [0.25, 0.3) is 10.4 Å². The van der Waals surface area contributed by atoms with Crippen molar-refractivity contribution in [3.8, 4) is 10.4 Å². The number of nitrogens with zero attached hydrogens (tertiary/aromatic N) is 2. The largest absolute Gasteiger partial charge is 0.383 e. The van der Waals surface area contributed by atoms with Gasteiger partial charge in [0.2, 0.25) is 0 Å². The Balaban J connectivity index is 1.50. The lowest BCUT2D eigenvalue weighted by molar-refractivity contribution is -0.142. The molecule has 2 aromatic rings. The van der Waals surface area contributed by atoms with Crippen LogP contribution in [0.1, 0.15) is 38.5 Å². The van der Waals surface area contributed by atoms with Gasteiger partial charge in [-0.1, -0.05) is 23.5 Å². The molecule has 1 aromatic carbocycles. The van der Waals surface area contributed by atoms with Crippen molar-refractivity contribution in [3.05, 3.63) is 41.1 Å².